The van der Waals surface area contributed by atoms with Gasteiger partial charge >= 0.3 is 0 Å². The van der Waals surface area contributed by atoms with E-state index in [9.17, 15) is 18.0 Å². The van der Waals surface area contributed by atoms with Crippen molar-refractivity contribution in [3.8, 4) is 0 Å². The highest BCUT2D eigenvalue weighted by molar-refractivity contribution is 7.90. The van der Waals surface area contributed by atoms with Gasteiger partial charge in [-0.15, -0.1) is 0 Å². The van der Waals surface area contributed by atoms with Crippen LogP contribution >= 0.6 is 0 Å². The van der Waals surface area contributed by atoms with Gasteiger partial charge in [-0.3, -0.25) is 9.59 Å². The summed E-state index contributed by atoms with van der Waals surface area (Å²) in [6.45, 7) is 0.225. The molecule has 1 aromatic rings. The van der Waals surface area contributed by atoms with Crippen molar-refractivity contribution >= 4 is 27.5 Å². The molecule has 1 aromatic carbocycles. The molecule has 0 radical (unpaired) electrons. The number of benzene rings is 1. The summed E-state index contributed by atoms with van der Waals surface area (Å²) in [5.74, 6) is -0.263. The molecule has 23 heavy (non-hydrogen) atoms. The third-order valence-electron chi connectivity index (χ3n) is 3.81. The van der Waals surface area contributed by atoms with Crippen LogP contribution in [0.5, 0.6) is 0 Å². The lowest BCUT2D eigenvalue weighted by molar-refractivity contribution is -0.124. The summed E-state index contributed by atoms with van der Waals surface area (Å²) in [4.78, 5) is 23.0. The zero-order chi connectivity index (χ0) is 16.4. The van der Waals surface area contributed by atoms with Gasteiger partial charge in [-0.05, 0) is 48.9 Å². The van der Waals surface area contributed by atoms with E-state index >= 15 is 0 Å². The minimum absolute atomic E-state index is 0.00272. The van der Waals surface area contributed by atoms with E-state index in [1.54, 1.807) is 0 Å². The summed E-state index contributed by atoms with van der Waals surface area (Å²) in [7, 11) is -3.93. The van der Waals surface area contributed by atoms with Crippen molar-refractivity contribution < 1.29 is 22.7 Å². The van der Waals surface area contributed by atoms with Crippen molar-refractivity contribution in [1.29, 1.82) is 0 Å². The molecule has 1 aliphatic heterocycles. The number of carbonyl (C=O) groups is 2. The first-order valence-electron chi connectivity index (χ1n) is 7.50. The summed E-state index contributed by atoms with van der Waals surface area (Å²) in [6.07, 6.45) is 3.00. The van der Waals surface area contributed by atoms with Gasteiger partial charge in [0.25, 0.3) is 15.9 Å². The molecule has 2 aliphatic rings. The minimum Gasteiger partial charge on any atom is -0.371 e. The second-order valence-corrected chi connectivity index (χ2v) is 7.54. The number of nitrogens with one attached hydrogen (secondary N) is 2. The second kappa shape index (κ2) is 6.29. The van der Waals surface area contributed by atoms with Crippen LogP contribution in [0.2, 0.25) is 0 Å². The number of anilines is 1. The lowest BCUT2D eigenvalue weighted by atomic mass is 10.0. The maximum atomic E-state index is 12.2. The molecule has 3 rings (SSSR count). The SMILES string of the molecule is O=C1CCc2cc(S(=O)(=O)NC(=O)COCC3CC3)ccc2N1. The molecule has 2 N–H and O–H groups in total. The van der Waals surface area contributed by atoms with Crippen LogP contribution in [0.25, 0.3) is 0 Å². The highest BCUT2D eigenvalue weighted by Crippen LogP contribution is 2.28. The normalized spacial score (nSPS) is 17.3. The Kier molecular flexibility index (Phi) is 4.36. The van der Waals surface area contributed by atoms with Gasteiger partial charge in [0.2, 0.25) is 5.91 Å². The Hall–Kier alpha value is -1.93. The summed E-state index contributed by atoms with van der Waals surface area (Å²) >= 11 is 0. The van der Waals surface area contributed by atoms with E-state index in [0.29, 0.717) is 31.1 Å². The van der Waals surface area contributed by atoms with E-state index in [4.69, 9.17) is 4.74 Å². The number of aryl methyl sites for hydroxylation is 1. The zero-order valence-electron chi connectivity index (χ0n) is 12.5. The van der Waals surface area contributed by atoms with Crippen molar-refractivity contribution in [1.82, 2.24) is 4.72 Å². The van der Waals surface area contributed by atoms with E-state index in [-0.39, 0.29) is 17.4 Å². The predicted octanol–water partition coefficient (Wildman–Crippen LogP) is 0.803. The quantitative estimate of drug-likeness (QED) is 0.799. The molecular formula is C15H18N2O5S. The fourth-order valence-corrected chi connectivity index (χ4v) is 3.39. The first kappa shape index (κ1) is 15.9. The summed E-state index contributed by atoms with van der Waals surface area (Å²) in [5.41, 5.74) is 1.35. The molecule has 0 unspecified atom stereocenters. The van der Waals surface area contributed by atoms with Crippen molar-refractivity contribution in [3.05, 3.63) is 23.8 Å². The van der Waals surface area contributed by atoms with Gasteiger partial charge < -0.3 is 10.1 Å². The first-order valence-corrected chi connectivity index (χ1v) is 8.98. The molecule has 1 heterocycles. The number of hydrogen-bond donors (Lipinski definition) is 2. The number of carbonyl (C=O) groups excluding carboxylic acids is 2. The molecule has 2 amide bonds. The third-order valence-corrected chi connectivity index (χ3v) is 5.19. The Bertz CT molecular complexity index is 740. The van der Waals surface area contributed by atoms with Gasteiger partial charge in [0.1, 0.15) is 6.61 Å². The van der Waals surface area contributed by atoms with Crippen LogP contribution in [-0.2, 0) is 30.8 Å². The lowest BCUT2D eigenvalue weighted by Crippen LogP contribution is -2.34. The average molecular weight is 338 g/mol. The maximum absolute atomic E-state index is 12.2. The molecule has 124 valence electrons. The van der Waals surface area contributed by atoms with Gasteiger partial charge in [0.05, 0.1) is 11.5 Å². The van der Waals surface area contributed by atoms with Gasteiger partial charge in [-0.2, -0.15) is 0 Å². The Labute approximate surface area is 134 Å². The maximum Gasteiger partial charge on any atom is 0.264 e. The smallest absolute Gasteiger partial charge is 0.264 e. The number of hydrogen-bond acceptors (Lipinski definition) is 5. The molecule has 1 aliphatic carbocycles. The standard InChI is InChI=1S/C15H18N2O5S/c18-14-6-3-11-7-12(4-5-13(11)16-14)23(20,21)17-15(19)9-22-8-10-1-2-10/h4-5,7,10H,1-3,6,8-9H2,(H,16,18)(H,17,19). The van der Waals surface area contributed by atoms with E-state index in [1.807, 2.05) is 4.72 Å². The van der Waals surface area contributed by atoms with Crippen LogP contribution in [0.15, 0.2) is 23.1 Å². The van der Waals surface area contributed by atoms with Crippen molar-refractivity contribution in [2.75, 3.05) is 18.5 Å². The van der Waals surface area contributed by atoms with E-state index in [1.165, 1.54) is 18.2 Å². The van der Waals surface area contributed by atoms with Crippen LogP contribution in [0, 0.1) is 5.92 Å². The fourth-order valence-electron chi connectivity index (χ4n) is 2.37. The molecule has 0 aromatic heterocycles. The van der Waals surface area contributed by atoms with Gasteiger partial charge in [-0.25, -0.2) is 13.1 Å². The molecule has 0 bridgehead atoms. The molecule has 1 saturated carbocycles. The number of fused-ring (bicyclic) bond motifs is 1. The van der Waals surface area contributed by atoms with Crippen LogP contribution in [-0.4, -0.2) is 33.4 Å². The average Bonchev–Trinajstić information content (AvgIpc) is 3.30. The highest BCUT2D eigenvalue weighted by Gasteiger charge is 2.24. The van der Waals surface area contributed by atoms with Crippen LogP contribution in [0.4, 0.5) is 5.69 Å². The highest BCUT2D eigenvalue weighted by atomic mass is 32.2. The van der Waals surface area contributed by atoms with Crippen LogP contribution in [0.1, 0.15) is 24.8 Å². The number of rotatable bonds is 6. The monoisotopic (exact) mass is 338 g/mol. The van der Waals surface area contributed by atoms with E-state index in [2.05, 4.69) is 5.32 Å². The number of sulfonamides is 1. The van der Waals surface area contributed by atoms with E-state index in [0.717, 1.165) is 18.4 Å². The van der Waals surface area contributed by atoms with Gasteiger partial charge in [0, 0.05) is 12.1 Å². The summed E-state index contributed by atoms with van der Waals surface area (Å²) < 4.78 is 31.6. The van der Waals surface area contributed by atoms with Crippen LogP contribution < -0.4 is 10.0 Å². The molecule has 8 heteroatoms. The van der Waals surface area contributed by atoms with Crippen LogP contribution in [0.3, 0.4) is 0 Å². The van der Waals surface area contributed by atoms with Crippen molar-refractivity contribution in [3.63, 3.8) is 0 Å². The Morgan fingerprint density at radius 1 is 1.30 bits per heavy atom. The first-order chi connectivity index (χ1) is 10.9. The molecular weight excluding hydrogens is 320 g/mol. The topological polar surface area (TPSA) is 102 Å². The number of ether oxygens (including phenoxy) is 1. The lowest BCUT2D eigenvalue weighted by Gasteiger charge is -2.17. The molecule has 1 fully saturated rings. The fraction of sp³-hybridized carbons (Fsp3) is 0.467. The Balaban J connectivity index is 1.64. The summed E-state index contributed by atoms with van der Waals surface area (Å²) in [5, 5.41) is 2.68. The Morgan fingerprint density at radius 3 is 2.83 bits per heavy atom. The largest absolute Gasteiger partial charge is 0.371 e. The second-order valence-electron chi connectivity index (χ2n) is 5.85. The van der Waals surface area contributed by atoms with E-state index < -0.39 is 15.9 Å². The number of amides is 2. The predicted molar refractivity (Wildman–Crippen MR) is 82.3 cm³/mol. The third kappa shape index (κ3) is 4.08. The van der Waals surface area contributed by atoms with Gasteiger partial charge in [0.15, 0.2) is 0 Å². The van der Waals surface area contributed by atoms with Crippen molar-refractivity contribution in [2.24, 2.45) is 5.92 Å². The zero-order valence-corrected chi connectivity index (χ0v) is 13.3. The molecule has 7 nitrogen and oxygen atoms in total. The minimum atomic E-state index is -3.93. The van der Waals surface area contributed by atoms with Crippen molar-refractivity contribution in [2.45, 2.75) is 30.6 Å². The molecule has 0 spiro atoms. The summed E-state index contributed by atoms with van der Waals surface area (Å²) in [6, 6.07) is 4.38. The van der Waals surface area contributed by atoms with Gasteiger partial charge in [-0.1, -0.05) is 0 Å². The molecule has 0 saturated heterocycles. The molecule has 0 atom stereocenters. The Morgan fingerprint density at radius 2 is 2.09 bits per heavy atom.